The van der Waals surface area contributed by atoms with Crippen LogP contribution in [0.15, 0.2) is 12.7 Å². The van der Waals surface area contributed by atoms with Crippen molar-refractivity contribution in [2.24, 2.45) is 17.8 Å². The van der Waals surface area contributed by atoms with E-state index in [1.54, 1.807) is 0 Å². The molecular weight excluding hydrogens is 272 g/mol. The van der Waals surface area contributed by atoms with E-state index in [-0.39, 0.29) is 0 Å². The summed E-state index contributed by atoms with van der Waals surface area (Å²) in [5.74, 6) is 2.12. The third kappa shape index (κ3) is 21.9. The maximum absolute atomic E-state index is 9.38. The zero-order chi connectivity index (χ0) is 17.6. The van der Waals surface area contributed by atoms with Gasteiger partial charge in [-0.1, -0.05) is 59.5 Å². The Balaban J connectivity index is 0. The first-order valence-corrected chi connectivity index (χ1v) is 9.08. The lowest BCUT2D eigenvalue weighted by Gasteiger charge is -2.17. The van der Waals surface area contributed by atoms with Crippen LogP contribution >= 0.6 is 0 Å². The Labute approximate surface area is 140 Å². The highest BCUT2D eigenvalue weighted by molar-refractivity contribution is 4.75. The third-order valence-electron chi connectivity index (χ3n) is 3.95. The predicted molar refractivity (Wildman–Crippen MR) is 99.1 cm³/mol. The fraction of sp³-hybridized carbons (Fsp3) is 0.900. The van der Waals surface area contributed by atoms with Crippen molar-refractivity contribution in [3.05, 3.63) is 12.7 Å². The van der Waals surface area contributed by atoms with Crippen molar-refractivity contribution in [3.8, 4) is 0 Å². The van der Waals surface area contributed by atoms with Crippen molar-refractivity contribution in [1.29, 1.82) is 0 Å². The summed E-state index contributed by atoms with van der Waals surface area (Å²) >= 11 is 0. The molecule has 0 fully saturated rings. The van der Waals surface area contributed by atoms with Gasteiger partial charge >= 0.3 is 0 Å². The summed E-state index contributed by atoms with van der Waals surface area (Å²) in [6.45, 7) is 16.7. The van der Waals surface area contributed by atoms with Gasteiger partial charge in [0.1, 0.15) is 0 Å². The minimum atomic E-state index is -0.499. The molecule has 2 N–H and O–H groups in total. The lowest BCUT2D eigenvalue weighted by atomic mass is 9.97. The van der Waals surface area contributed by atoms with Gasteiger partial charge in [0.05, 0.1) is 5.60 Å². The van der Waals surface area contributed by atoms with Gasteiger partial charge in [0, 0.05) is 6.61 Å². The van der Waals surface area contributed by atoms with Crippen LogP contribution in [-0.4, -0.2) is 22.4 Å². The summed E-state index contributed by atoms with van der Waals surface area (Å²) in [4.78, 5) is 0. The Kier molecular flexibility index (Phi) is 15.5. The molecular formula is C20H42O2. The quantitative estimate of drug-likeness (QED) is 0.489. The van der Waals surface area contributed by atoms with Crippen molar-refractivity contribution >= 4 is 0 Å². The molecule has 0 aromatic carbocycles. The van der Waals surface area contributed by atoms with Crippen LogP contribution in [-0.2, 0) is 0 Å². The Morgan fingerprint density at radius 3 is 1.95 bits per heavy atom. The van der Waals surface area contributed by atoms with E-state index >= 15 is 0 Å². The monoisotopic (exact) mass is 314 g/mol. The lowest BCUT2D eigenvalue weighted by molar-refractivity contribution is 0.0675. The molecule has 0 radical (unpaired) electrons. The number of aliphatic hydroxyl groups excluding tert-OH is 1. The van der Waals surface area contributed by atoms with Crippen molar-refractivity contribution in [2.75, 3.05) is 6.61 Å². The van der Waals surface area contributed by atoms with Crippen molar-refractivity contribution < 1.29 is 10.2 Å². The molecule has 22 heavy (non-hydrogen) atoms. The fourth-order valence-corrected chi connectivity index (χ4v) is 2.21. The summed E-state index contributed by atoms with van der Waals surface area (Å²) in [5.41, 5.74) is -0.499. The van der Waals surface area contributed by atoms with Gasteiger partial charge in [-0.15, -0.1) is 6.58 Å². The van der Waals surface area contributed by atoms with Crippen LogP contribution in [0.5, 0.6) is 0 Å². The van der Waals surface area contributed by atoms with Crippen LogP contribution in [0.25, 0.3) is 0 Å². The maximum atomic E-state index is 9.38. The first-order valence-electron chi connectivity index (χ1n) is 9.08. The predicted octanol–water partition coefficient (Wildman–Crippen LogP) is 5.58. The van der Waals surface area contributed by atoms with Gasteiger partial charge in [0.2, 0.25) is 0 Å². The van der Waals surface area contributed by atoms with Crippen molar-refractivity contribution in [3.63, 3.8) is 0 Å². The Morgan fingerprint density at radius 1 is 0.955 bits per heavy atom. The fourth-order valence-electron chi connectivity index (χ4n) is 2.21. The summed E-state index contributed by atoms with van der Waals surface area (Å²) in [5, 5.41) is 18.0. The van der Waals surface area contributed by atoms with Crippen molar-refractivity contribution in [2.45, 2.75) is 92.1 Å². The molecule has 0 saturated carbocycles. The molecule has 0 spiro atoms. The zero-order valence-corrected chi connectivity index (χ0v) is 16.1. The molecule has 0 rings (SSSR count). The molecule has 2 nitrogen and oxygen atoms in total. The number of rotatable bonds is 11. The van der Waals surface area contributed by atoms with Crippen LogP contribution < -0.4 is 0 Å². The van der Waals surface area contributed by atoms with Crippen LogP contribution in [0.2, 0.25) is 0 Å². The second kappa shape index (κ2) is 14.3. The van der Waals surface area contributed by atoms with Crippen molar-refractivity contribution in [1.82, 2.24) is 0 Å². The van der Waals surface area contributed by atoms with Gasteiger partial charge < -0.3 is 10.2 Å². The smallest absolute Gasteiger partial charge is 0.0591 e. The molecule has 2 heteroatoms. The van der Waals surface area contributed by atoms with E-state index in [9.17, 15) is 5.11 Å². The highest BCUT2D eigenvalue weighted by Crippen LogP contribution is 2.16. The maximum Gasteiger partial charge on any atom is 0.0591 e. The van der Waals surface area contributed by atoms with Gasteiger partial charge in [-0.3, -0.25) is 0 Å². The minimum absolute atomic E-state index is 0.350. The van der Waals surface area contributed by atoms with Gasteiger partial charge in [-0.05, 0) is 50.9 Å². The first kappa shape index (κ1) is 23.9. The van der Waals surface area contributed by atoms with E-state index in [0.717, 1.165) is 31.6 Å². The Hall–Kier alpha value is -0.340. The Bertz CT molecular complexity index is 241. The van der Waals surface area contributed by atoms with Gasteiger partial charge in [0.25, 0.3) is 0 Å². The molecule has 0 amide bonds. The molecule has 0 aliphatic rings. The number of aliphatic hydroxyl groups is 2. The SMILES string of the molecule is C=CC(C)CCCC(C)(C)O.CC(C)CCCC(C)CCO. The van der Waals surface area contributed by atoms with E-state index in [0.29, 0.717) is 18.4 Å². The molecule has 0 aromatic rings. The lowest BCUT2D eigenvalue weighted by Crippen LogP contribution is -2.18. The Morgan fingerprint density at radius 2 is 1.55 bits per heavy atom. The molecule has 0 aliphatic carbocycles. The highest BCUT2D eigenvalue weighted by atomic mass is 16.3. The van der Waals surface area contributed by atoms with E-state index in [2.05, 4.69) is 34.3 Å². The number of hydrogen-bond acceptors (Lipinski definition) is 2. The molecule has 0 bridgehead atoms. The normalized spacial score (nSPS) is 14.2. The molecule has 0 heterocycles. The highest BCUT2D eigenvalue weighted by Gasteiger charge is 2.11. The van der Waals surface area contributed by atoms with E-state index in [1.165, 1.54) is 19.3 Å². The molecule has 2 atom stereocenters. The molecule has 0 aliphatic heterocycles. The average molecular weight is 315 g/mol. The molecule has 0 saturated heterocycles. The second-order valence-electron chi connectivity index (χ2n) is 7.86. The van der Waals surface area contributed by atoms with Crippen LogP contribution in [0, 0.1) is 17.8 Å². The number of allylic oxidation sites excluding steroid dienone is 1. The summed E-state index contributed by atoms with van der Waals surface area (Å²) in [6.07, 6.45) is 9.95. The zero-order valence-electron chi connectivity index (χ0n) is 16.1. The summed E-state index contributed by atoms with van der Waals surface area (Å²) < 4.78 is 0. The third-order valence-corrected chi connectivity index (χ3v) is 3.95. The summed E-state index contributed by atoms with van der Waals surface area (Å²) in [6, 6.07) is 0. The van der Waals surface area contributed by atoms with E-state index in [1.807, 2.05) is 19.9 Å². The van der Waals surface area contributed by atoms with Crippen LogP contribution in [0.3, 0.4) is 0 Å². The topological polar surface area (TPSA) is 40.5 Å². The largest absolute Gasteiger partial charge is 0.396 e. The molecule has 2 unspecified atom stereocenters. The standard InChI is InChI=1S/C10H22O.C10H20O/c1-9(2)5-4-6-10(3)7-8-11;1-5-9(2)7-6-8-10(3,4)11/h9-11H,4-8H2,1-3H3;5,9,11H,1,6-8H2,2-4H3. The minimum Gasteiger partial charge on any atom is -0.396 e. The van der Waals surface area contributed by atoms with Crippen LogP contribution in [0.4, 0.5) is 0 Å². The summed E-state index contributed by atoms with van der Waals surface area (Å²) in [7, 11) is 0. The van der Waals surface area contributed by atoms with E-state index < -0.39 is 5.60 Å². The van der Waals surface area contributed by atoms with Gasteiger partial charge in [-0.2, -0.15) is 0 Å². The van der Waals surface area contributed by atoms with E-state index in [4.69, 9.17) is 5.11 Å². The second-order valence-corrected chi connectivity index (χ2v) is 7.86. The average Bonchev–Trinajstić information content (AvgIpc) is 2.37. The molecule has 134 valence electrons. The van der Waals surface area contributed by atoms with Gasteiger partial charge in [0.15, 0.2) is 0 Å². The number of hydrogen-bond donors (Lipinski definition) is 2. The molecule has 0 aromatic heterocycles. The van der Waals surface area contributed by atoms with Gasteiger partial charge in [-0.25, -0.2) is 0 Å². The van der Waals surface area contributed by atoms with Crippen LogP contribution in [0.1, 0.15) is 86.5 Å². The first-order chi connectivity index (χ1) is 10.1.